The molecule has 0 aliphatic heterocycles. The number of amides is 1. The molecule has 2 aromatic carbocycles. The largest absolute Gasteiger partial charge is 0.465 e. The Bertz CT molecular complexity index is 1210. The molecule has 0 fully saturated rings. The molecule has 1 amide bonds. The van der Waals surface area contributed by atoms with Crippen LogP contribution in [0.4, 0.5) is 5.69 Å². The van der Waals surface area contributed by atoms with Crippen LogP contribution in [0.5, 0.6) is 0 Å². The number of nitrogens with zero attached hydrogens (tertiary/aromatic N) is 2. The van der Waals surface area contributed by atoms with E-state index in [2.05, 4.69) is 15.3 Å². The topological polar surface area (TPSA) is 94.3 Å². The Balaban J connectivity index is 1.63. The third kappa shape index (κ3) is 4.18. The van der Waals surface area contributed by atoms with Gasteiger partial charge in [0.25, 0.3) is 5.91 Å². The van der Waals surface area contributed by atoms with Crippen LogP contribution in [0.15, 0.2) is 76.6 Å². The van der Waals surface area contributed by atoms with E-state index < -0.39 is 11.9 Å². The lowest BCUT2D eigenvalue weighted by molar-refractivity contribution is 0.0600. The van der Waals surface area contributed by atoms with E-state index in [4.69, 9.17) is 9.15 Å². The third-order valence-electron chi connectivity index (χ3n) is 4.33. The number of ether oxygens (including phenoxy) is 1. The van der Waals surface area contributed by atoms with Gasteiger partial charge in [-0.15, -0.1) is 0 Å². The van der Waals surface area contributed by atoms with Crippen molar-refractivity contribution in [3.05, 3.63) is 83.9 Å². The summed E-state index contributed by atoms with van der Waals surface area (Å²) in [4.78, 5) is 33.2. The number of furan rings is 1. The van der Waals surface area contributed by atoms with Crippen molar-refractivity contribution in [3.8, 4) is 0 Å². The van der Waals surface area contributed by atoms with E-state index in [-0.39, 0.29) is 5.76 Å². The Morgan fingerprint density at radius 1 is 1.07 bits per heavy atom. The summed E-state index contributed by atoms with van der Waals surface area (Å²) in [5.74, 6) is -0.206. The molecule has 0 unspecified atom stereocenters. The minimum absolute atomic E-state index is 0.211. The van der Waals surface area contributed by atoms with Crippen LogP contribution in [0.1, 0.15) is 26.5 Å². The molecule has 0 aliphatic rings. The van der Waals surface area contributed by atoms with E-state index in [1.165, 1.54) is 18.9 Å². The number of anilines is 1. The quantitative estimate of drug-likeness (QED) is 0.278. The summed E-state index contributed by atoms with van der Waals surface area (Å²) in [6.07, 6.45) is 3.34. The molecule has 0 saturated heterocycles. The fourth-order valence-electron chi connectivity index (χ4n) is 2.95. The second-order valence-electron chi connectivity index (χ2n) is 6.25. The summed E-state index contributed by atoms with van der Waals surface area (Å²) in [5.41, 5.74) is 2.19. The van der Waals surface area contributed by atoms with Gasteiger partial charge in [0.15, 0.2) is 10.9 Å². The van der Waals surface area contributed by atoms with Gasteiger partial charge in [-0.25, -0.2) is 14.8 Å². The number of hydrogen-bond acceptors (Lipinski definition) is 7. The van der Waals surface area contributed by atoms with Crippen LogP contribution in [-0.2, 0) is 10.5 Å². The van der Waals surface area contributed by atoms with E-state index in [9.17, 15) is 9.59 Å². The van der Waals surface area contributed by atoms with Crippen LogP contribution >= 0.6 is 11.8 Å². The lowest BCUT2D eigenvalue weighted by atomic mass is 10.1. The Kier molecular flexibility index (Phi) is 5.76. The molecule has 1 N–H and O–H groups in total. The van der Waals surface area contributed by atoms with Crippen molar-refractivity contribution in [1.82, 2.24) is 9.97 Å². The molecule has 4 aromatic rings. The molecule has 150 valence electrons. The van der Waals surface area contributed by atoms with Crippen molar-refractivity contribution in [2.24, 2.45) is 0 Å². The van der Waals surface area contributed by atoms with E-state index in [1.807, 2.05) is 24.3 Å². The second-order valence-corrected chi connectivity index (χ2v) is 7.19. The summed E-state index contributed by atoms with van der Waals surface area (Å²) in [6, 6.07) is 15.8. The molecule has 30 heavy (non-hydrogen) atoms. The van der Waals surface area contributed by atoms with Crippen LogP contribution in [0.3, 0.4) is 0 Å². The third-order valence-corrected chi connectivity index (χ3v) is 5.24. The molecule has 0 aliphatic carbocycles. The average Bonchev–Trinajstić information content (AvgIpc) is 3.17. The van der Waals surface area contributed by atoms with Gasteiger partial charge in [-0.3, -0.25) is 4.79 Å². The Morgan fingerprint density at radius 3 is 2.67 bits per heavy atom. The molecule has 0 spiro atoms. The fourth-order valence-corrected chi connectivity index (χ4v) is 3.78. The van der Waals surface area contributed by atoms with E-state index >= 15 is 0 Å². The first-order valence-electron chi connectivity index (χ1n) is 9.05. The number of methoxy groups -OCH3 is 1. The lowest BCUT2D eigenvalue weighted by Crippen LogP contribution is -2.13. The number of fused-ring (bicyclic) bond motifs is 1. The Hall–Kier alpha value is -3.65. The smallest absolute Gasteiger partial charge is 0.337 e. The summed E-state index contributed by atoms with van der Waals surface area (Å²) in [5, 5.41) is 4.26. The number of nitrogens with one attached hydrogen (secondary N) is 1. The summed E-state index contributed by atoms with van der Waals surface area (Å²) in [6.45, 7) is 0. The van der Waals surface area contributed by atoms with Crippen molar-refractivity contribution >= 4 is 40.3 Å². The van der Waals surface area contributed by atoms with E-state index in [1.54, 1.807) is 42.7 Å². The first-order valence-corrected chi connectivity index (χ1v) is 10.0. The number of thioether (sulfide) groups is 1. The standard InChI is InChI=1S/C22H17N3O4S/c1-28-21(27)14-6-4-7-15(12-14)25-20(26)19-17(13-30-22-23-10-5-11-24-22)16-8-2-3-9-18(16)29-19/h2-12H,13H2,1H3,(H,25,26). The highest BCUT2D eigenvalue weighted by molar-refractivity contribution is 7.98. The van der Waals surface area contributed by atoms with Gasteiger partial charge in [-0.1, -0.05) is 36.0 Å². The first-order chi connectivity index (χ1) is 14.7. The molecule has 0 radical (unpaired) electrons. The molecule has 0 saturated carbocycles. The minimum atomic E-state index is -0.477. The van der Waals surface area contributed by atoms with Crippen molar-refractivity contribution in [2.45, 2.75) is 10.9 Å². The number of aromatic nitrogens is 2. The maximum atomic E-state index is 13.0. The number of carbonyl (C=O) groups excluding carboxylic acids is 2. The van der Waals surface area contributed by atoms with Crippen molar-refractivity contribution < 1.29 is 18.7 Å². The monoisotopic (exact) mass is 419 g/mol. The van der Waals surface area contributed by atoms with Crippen molar-refractivity contribution in [1.29, 1.82) is 0 Å². The van der Waals surface area contributed by atoms with Crippen LogP contribution in [-0.4, -0.2) is 29.0 Å². The van der Waals surface area contributed by atoms with Crippen LogP contribution in [0.25, 0.3) is 11.0 Å². The van der Waals surface area contributed by atoms with Gasteiger partial charge in [0.2, 0.25) is 0 Å². The van der Waals surface area contributed by atoms with Gasteiger partial charge in [0.1, 0.15) is 5.58 Å². The molecule has 7 nitrogen and oxygen atoms in total. The molecule has 4 rings (SSSR count). The number of esters is 1. The number of carbonyl (C=O) groups is 2. The highest BCUT2D eigenvalue weighted by Gasteiger charge is 2.21. The highest BCUT2D eigenvalue weighted by atomic mass is 32.2. The molecule has 0 atom stereocenters. The summed E-state index contributed by atoms with van der Waals surface area (Å²) in [7, 11) is 1.31. The zero-order valence-electron chi connectivity index (χ0n) is 16.0. The Labute approximate surface area is 176 Å². The van der Waals surface area contributed by atoms with Gasteiger partial charge >= 0.3 is 5.97 Å². The summed E-state index contributed by atoms with van der Waals surface area (Å²) >= 11 is 1.42. The maximum Gasteiger partial charge on any atom is 0.337 e. The van der Waals surface area contributed by atoms with Crippen molar-refractivity contribution in [2.75, 3.05) is 12.4 Å². The molecular weight excluding hydrogens is 402 g/mol. The zero-order chi connectivity index (χ0) is 20.9. The van der Waals surface area contributed by atoms with Crippen molar-refractivity contribution in [3.63, 3.8) is 0 Å². The number of hydrogen-bond donors (Lipinski definition) is 1. The van der Waals surface area contributed by atoms with Crippen LogP contribution in [0.2, 0.25) is 0 Å². The minimum Gasteiger partial charge on any atom is -0.465 e. The number of para-hydroxylation sites is 1. The molecular formula is C22H17N3O4S. The van der Waals surface area contributed by atoms with Gasteiger partial charge in [-0.2, -0.15) is 0 Å². The zero-order valence-corrected chi connectivity index (χ0v) is 16.8. The van der Waals surface area contributed by atoms with E-state index in [0.29, 0.717) is 27.7 Å². The summed E-state index contributed by atoms with van der Waals surface area (Å²) < 4.78 is 10.6. The second kappa shape index (κ2) is 8.79. The van der Waals surface area contributed by atoms with Gasteiger partial charge in [-0.05, 0) is 30.3 Å². The van der Waals surface area contributed by atoms with Gasteiger partial charge in [0, 0.05) is 34.8 Å². The predicted molar refractivity (Wildman–Crippen MR) is 114 cm³/mol. The lowest BCUT2D eigenvalue weighted by Gasteiger charge is -2.07. The highest BCUT2D eigenvalue weighted by Crippen LogP contribution is 2.31. The van der Waals surface area contributed by atoms with E-state index in [0.717, 1.165) is 10.9 Å². The van der Waals surface area contributed by atoms with Gasteiger partial charge < -0.3 is 14.5 Å². The number of benzene rings is 2. The Morgan fingerprint density at radius 2 is 1.87 bits per heavy atom. The predicted octanol–water partition coefficient (Wildman–Crippen LogP) is 4.55. The fraction of sp³-hybridized carbons (Fsp3) is 0.0909. The van der Waals surface area contributed by atoms with Crippen LogP contribution < -0.4 is 5.32 Å². The number of rotatable bonds is 6. The molecule has 2 aromatic heterocycles. The van der Waals surface area contributed by atoms with Gasteiger partial charge in [0.05, 0.1) is 12.7 Å². The molecule has 8 heteroatoms. The first kappa shape index (κ1) is 19.7. The average molecular weight is 419 g/mol. The molecule has 2 heterocycles. The maximum absolute atomic E-state index is 13.0. The molecule has 0 bridgehead atoms. The normalized spacial score (nSPS) is 10.7. The van der Waals surface area contributed by atoms with Crippen LogP contribution in [0, 0.1) is 0 Å². The SMILES string of the molecule is COC(=O)c1cccc(NC(=O)c2oc3ccccc3c2CSc2ncccn2)c1.